The van der Waals surface area contributed by atoms with Gasteiger partial charge in [0, 0.05) is 18.3 Å². The topological polar surface area (TPSA) is 34.1 Å². The maximum Gasteiger partial charge on any atom is 0.219 e. The highest BCUT2D eigenvalue weighted by Gasteiger charge is 2.04. The fourth-order valence-electron chi connectivity index (χ4n) is 2.20. The van der Waals surface area contributed by atoms with Gasteiger partial charge in [-0.3, -0.25) is 0 Å². The van der Waals surface area contributed by atoms with Crippen LogP contribution < -0.4 is 10.1 Å². The van der Waals surface area contributed by atoms with E-state index in [2.05, 4.69) is 42.3 Å². The van der Waals surface area contributed by atoms with E-state index in [4.69, 9.17) is 4.74 Å². The first-order chi connectivity index (χ1) is 10.2. The highest BCUT2D eigenvalue weighted by Crippen LogP contribution is 2.21. The van der Waals surface area contributed by atoms with Crippen molar-refractivity contribution in [3.63, 3.8) is 0 Å². The molecule has 0 amide bonds. The van der Waals surface area contributed by atoms with Gasteiger partial charge in [-0.05, 0) is 43.1 Å². The van der Waals surface area contributed by atoms with Gasteiger partial charge >= 0.3 is 0 Å². The van der Waals surface area contributed by atoms with Crippen molar-refractivity contribution in [1.82, 2.24) is 10.3 Å². The molecular formula is C18H24N2O. The lowest BCUT2D eigenvalue weighted by atomic mass is 10.1. The molecule has 0 atom stereocenters. The van der Waals surface area contributed by atoms with Crippen molar-refractivity contribution >= 4 is 0 Å². The summed E-state index contributed by atoms with van der Waals surface area (Å²) >= 11 is 0. The summed E-state index contributed by atoms with van der Waals surface area (Å²) in [5.41, 5.74) is 3.56. The van der Waals surface area contributed by atoms with Gasteiger partial charge in [0.2, 0.25) is 5.88 Å². The Bertz CT molecular complexity index is 564. The van der Waals surface area contributed by atoms with Crippen LogP contribution in [0.1, 0.15) is 37.1 Å². The van der Waals surface area contributed by atoms with E-state index < -0.39 is 0 Å². The summed E-state index contributed by atoms with van der Waals surface area (Å²) in [6, 6.07) is 12.3. The molecule has 1 N–H and O–H groups in total. The maximum atomic E-state index is 5.82. The van der Waals surface area contributed by atoms with Crippen LogP contribution in [0.2, 0.25) is 0 Å². The first kappa shape index (κ1) is 15.5. The van der Waals surface area contributed by atoms with E-state index in [1.807, 2.05) is 25.1 Å². The van der Waals surface area contributed by atoms with Gasteiger partial charge in [0.15, 0.2) is 0 Å². The van der Waals surface area contributed by atoms with Crippen molar-refractivity contribution < 1.29 is 4.74 Å². The van der Waals surface area contributed by atoms with Gasteiger partial charge < -0.3 is 10.1 Å². The fraction of sp³-hybridized carbons (Fsp3) is 0.389. The van der Waals surface area contributed by atoms with Crippen LogP contribution in [0.4, 0.5) is 0 Å². The third kappa shape index (κ3) is 4.57. The number of hydrogen-bond acceptors (Lipinski definition) is 3. The molecule has 1 aromatic carbocycles. The van der Waals surface area contributed by atoms with Crippen molar-refractivity contribution in [2.24, 2.45) is 0 Å². The SMILES string of the molecule is CCCc1ccc(Oc2ccc(CNCC)c(C)n2)cc1. The van der Waals surface area contributed by atoms with Gasteiger partial charge in [-0.15, -0.1) is 0 Å². The summed E-state index contributed by atoms with van der Waals surface area (Å²) in [4.78, 5) is 4.52. The van der Waals surface area contributed by atoms with Gasteiger partial charge in [-0.1, -0.05) is 38.5 Å². The molecule has 3 heteroatoms. The number of nitrogens with zero attached hydrogens (tertiary/aromatic N) is 1. The van der Waals surface area contributed by atoms with E-state index in [9.17, 15) is 0 Å². The number of hydrogen-bond donors (Lipinski definition) is 1. The molecule has 2 aromatic rings. The maximum absolute atomic E-state index is 5.82. The first-order valence-corrected chi connectivity index (χ1v) is 7.67. The van der Waals surface area contributed by atoms with Crippen molar-refractivity contribution in [1.29, 1.82) is 0 Å². The van der Waals surface area contributed by atoms with E-state index in [-0.39, 0.29) is 0 Å². The molecule has 0 unspecified atom stereocenters. The normalized spacial score (nSPS) is 10.6. The van der Waals surface area contributed by atoms with Gasteiger partial charge in [0.25, 0.3) is 0 Å². The number of pyridine rings is 1. The van der Waals surface area contributed by atoms with Crippen LogP contribution in [0.25, 0.3) is 0 Å². The van der Waals surface area contributed by atoms with Crippen molar-refractivity contribution in [3.8, 4) is 11.6 Å². The Morgan fingerprint density at radius 1 is 1.05 bits per heavy atom. The van der Waals surface area contributed by atoms with E-state index >= 15 is 0 Å². The molecule has 0 aliphatic carbocycles. The first-order valence-electron chi connectivity index (χ1n) is 7.67. The number of aromatic nitrogens is 1. The Morgan fingerprint density at radius 3 is 2.43 bits per heavy atom. The zero-order valence-electron chi connectivity index (χ0n) is 13.1. The predicted molar refractivity (Wildman–Crippen MR) is 86.9 cm³/mol. The molecule has 0 aliphatic rings. The van der Waals surface area contributed by atoms with Crippen LogP contribution in [0.15, 0.2) is 36.4 Å². The standard InChI is InChI=1S/C18H24N2O/c1-4-6-15-7-10-17(11-8-15)21-18-12-9-16(13-19-5-2)14(3)20-18/h7-12,19H,4-6,13H2,1-3H3. The second kappa shape index (κ2) is 7.79. The van der Waals surface area contributed by atoms with Crippen LogP contribution in [0.5, 0.6) is 11.6 Å². The van der Waals surface area contributed by atoms with Crippen molar-refractivity contribution in [2.75, 3.05) is 6.54 Å². The highest BCUT2D eigenvalue weighted by molar-refractivity contribution is 5.32. The average Bonchev–Trinajstić information content (AvgIpc) is 2.49. The minimum absolute atomic E-state index is 0.649. The Morgan fingerprint density at radius 2 is 1.81 bits per heavy atom. The van der Waals surface area contributed by atoms with Crippen LogP contribution in [0, 0.1) is 6.92 Å². The van der Waals surface area contributed by atoms with Gasteiger partial charge in [-0.2, -0.15) is 0 Å². The second-order valence-electron chi connectivity index (χ2n) is 5.17. The van der Waals surface area contributed by atoms with Crippen molar-refractivity contribution in [2.45, 2.75) is 40.2 Å². The summed E-state index contributed by atoms with van der Waals surface area (Å²) in [7, 11) is 0. The smallest absolute Gasteiger partial charge is 0.219 e. The third-order valence-corrected chi connectivity index (χ3v) is 3.42. The molecule has 0 bridgehead atoms. The number of rotatable bonds is 7. The Hall–Kier alpha value is -1.87. The van der Waals surface area contributed by atoms with E-state index in [1.165, 1.54) is 11.1 Å². The molecule has 1 aromatic heterocycles. The molecule has 0 aliphatic heterocycles. The van der Waals surface area contributed by atoms with Crippen LogP contribution in [0.3, 0.4) is 0 Å². The summed E-state index contributed by atoms with van der Waals surface area (Å²) in [5, 5.41) is 3.31. The molecular weight excluding hydrogens is 260 g/mol. The summed E-state index contributed by atoms with van der Waals surface area (Å²) in [6.07, 6.45) is 2.27. The Kier molecular flexibility index (Phi) is 5.76. The van der Waals surface area contributed by atoms with Gasteiger partial charge in [0.05, 0.1) is 0 Å². The number of nitrogens with one attached hydrogen (secondary N) is 1. The monoisotopic (exact) mass is 284 g/mol. The molecule has 21 heavy (non-hydrogen) atoms. The summed E-state index contributed by atoms with van der Waals surface area (Å²) in [6.45, 7) is 8.11. The zero-order valence-corrected chi connectivity index (χ0v) is 13.1. The van der Waals surface area contributed by atoms with Gasteiger partial charge in [0.1, 0.15) is 5.75 Å². The summed E-state index contributed by atoms with van der Waals surface area (Å²) < 4.78 is 5.82. The quantitative estimate of drug-likeness (QED) is 0.825. The van der Waals surface area contributed by atoms with E-state index in [1.54, 1.807) is 0 Å². The highest BCUT2D eigenvalue weighted by atomic mass is 16.5. The molecule has 3 nitrogen and oxygen atoms in total. The minimum Gasteiger partial charge on any atom is -0.439 e. The molecule has 0 saturated carbocycles. The lowest BCUT2D eigenvalue weighted by Gasteiger charge is -2.09. The molecule has 1 heterocycles. The van der Waals surface area contributed by atoms with Gasteiger partial charge in [-0.25, -0.2) is 4.98 Å². The molecule has 0 fully saturated rings. The number of ether oxygens (including phenoxy) is 1. The summed E-state index contributed by atoms with van der Waals surface area (Å²) in [5.74, 6) is 1.48. The van der Waals surface area contributed by atoms with E-state index in [0.717, 1.165) is 37.4 Å². The van der Waals surface area contributed by atoms with E-state index in [0.29, 0.717) is 5.88 Å². The van der Waals surface area contributed by atoms with Crippen molar-refractivity contribution in [3.05, 3.63) is 53.2 Å². The lowest BCUT2D eigenvalue weighted by Crippen LogP contribution is -2.13. The molecule has 112 valence electrons. The Balaban J connectivity index is 2.03. The molecule has 0 spiro atoms. The average molecular weight is 284 g/mol. The number of aryl methyl sites for hydroxylation is 2. The molecule has 0 saturated heterocycles. The zero-order chi connectivity index (χ0) is 15.1. The lowest BCUT2D eigenvalue weighted by molar-refractivity contribution is 0.460. The molecule has 2 rings (SSSR count). The van der Waals surface area contributed by atoms with Crippen LogP contribution in [-0.2, 0) is 13.0 Å². The van der Waals surface area contributed by atoms with Crippen LogP contribution >= 0.6 is 0 Å². The fourth-order valence-corrected chi connectivity index (χ4v) is 2.20. The Labute approximate surface area is 127 Å². The molecule has 0 radical (unpaired) electrons. The van der Waals surface area contributed by atoms with Crippen LogP contribution in [-0.4, -0.2) is 11.5 Å². The third-order valence-electron chi connectivity index (χ3n) is 3.42. The minimum atomic E-state index is 0.649. The predicted octanol–water partition coefficient (Wildman–Crippen LogP) is 4.24. The second-order valence-corrected chi connectivity index (χ2v) is 5.17. The largest absolute Gasteiger partial charge is 0.439 e. The number of benzene rings is 1.